The van der Waals surface area contributed by atoms with E-state index in [0.717, 1.165) is 17.4 Å². The summed E-state index contributed by atoms with van der Waals surface area (Å²) < 4.78 is 18.1. The van der Waals surface area contributed by atoms with Crippen LogP contribution in [0, 0.1) is 0 Å². The van der Waals surface area contributed by atoms with E-state index in [4.69, 9.17) is 13.3 Å². The minimum atomic E-state index is -2.57. The van der Waals surface area contributed by atoms with Crippen LogP contribution in [0.5, 0.6) is 5.75 Å². The van der Waals surface area contributed by atoms with E-state index < -0.39 is 8.80 Å². The lowest BCUT2D eigenvalue weighted by atomic mass is 10.1. The molecule has 2 aromatic rings. The third-order valence-corrected chi connectivity index (χ3v) is 6.17. The van der Waals surface area contributed by atoms with E-state index in [-0.39, 0.29) is 0 Å². The van der Waals surface area contributed by atoms with Crippen molar-refractivity contribution in [3.05, 3.63) is 65.2 Å². The fraction of sp³-hybridized carbons (Fsp3) is 0.200. The minimum Gasteiger partial charge on any atom is -0.500 e. The molecule has 0 aliphatic carbocycles. The van der Waals surface area contributed by atoms with Crippen LogP contribution in [-0.4, -0.2) is 8.80 Å². The molecule has 0 amide bonds. The molecule has 96 valence electrons. The van der Waals surface area contributed by atoms with Crippen molar-refractivity contribution < 1.29 is 13.3 Å². The molecular formula is C15H14O3Si. The predicted molar refractivity (Wildman–Crippen MR) is 72.5 cm³/mol. The molecule has 0 bridgehead atoms. The summed E-state index contributed by atoms with van der Waals surface area (Å²) >= 11 is 0. The van der Waals surface area contributed by atoms with Gasteiger partial charge in [0, 0.05) is 5.56 Å². The molecule has 4 rings (SSSR count). The number of rotatable bonds is 0. The number of para-hydroxylation sites is 1. The SMILES string of the molecule is c1ccc2c(c1)CO[Si]1(C2)OCc2ccccc2O1. The van der Waals surface area contributed by atoms with Gasteiger partial charge >= 0.3 is 8.80 Å². The fourth-order valence-electron chi connectivity index (χ4n) is 2.61. The molecule has 1 spiro atoms. The normalized spacial score (nSPS) is 24.4. The van der Waals surface area contributed by atoms with Gasteiger partial charge in [-0.05, 0) is 17.2 Å². The van der Waals surface area contributed by atoms with Crippen molar-refractivity contribution in [1.82, 2.24) is 0 Å². The highest BCUT2D eigenvalue weighted by Crippen LogP contribution is 2.34. The maximum Gasteiger partial charge on any atom is 0.571 e. The maximum atomic E-state index is 6.11. The molecule has 3 nitrogen and oxygen atoms in total. The lowest BCUT2D eigenvalue weighted by Gasteiger charge is -2.37. The quantitative estimate of drug-likeness (QED) is 0.689. The lowest BCUT2D eigenvalue weighted by Crippen LogP contribution is -2.55. The second-order valence-electron chi connectivity index (χ2n) is 4.92. The number of hydrogen-bond donors (Lipinski definition) is 0. The Morgan fingerprint density at radius 1 is 0.737 bits per heavy atom. The summed E-state index contributed by atoms with van der Waals surface area (Å²) in [5, 5.41) is 0. The molecule has 2 aliphatic heterocycles. The molecule has 0 saturated heterocycles. The summed E-state index contributed by atoms with van der Waals surface area (Å²) in [6.45, 7) is 1.18. The van der Waals surface area contributed by atoms with Gasteiger partial charge < -0.3 is 13.3 Å². The van der Waals surface area contributed by atoms with Crippen LogP contribution in [0.2, 0.25) is 0 Å². The molecule has 0 radical (unpaired) electrons. The van der Waals surface area contributed by atoms with Crippen molar-refractivity contribution in [1.29, 1.82) is 0 Å². The zero-order valence-corrected chi connectivity index (χ0v) is 11.5. The van der Waals surface area contributed by atoms with Gasteiger partial charge in [0.2, 0.25) is 0 Å². The smallest absolute Gasteiger partial charge is 0.500 e. The van der Waals surface area contributed by atoms with E-state index in [0.29, 0.717) is 13.2 Å². The Hall–Kier alpha value is -1.62. The van der Waals surface area contributed by atoms with Gasteiger partial charge in [-0.1, -0.05) is 42.5 Å². The van der Waals surface area contributed by atoms with Gasteiger partial charge in [-0.15, -0.1) is 0 Å². The average molecular weight is 270 g/mol. The van der Waals surface area contributed by atoms with Crippen LogP contribution in [-0.2, 0) is 28.1 Å². The second kappa shape index (κ2) is 4.20. The standard InChI is InChI=1S/C15H14O3Si/c1-2-7-14-11-19(16-9-12(14)5-1)17-10-13-6-3-4-8-15(13)18-19/h1-8H,9-11H2. The molecule has 2 heterocycles. The van der Waals surface area contributed by atoms with Gasteiger partial charge in [-0.25, -0.2) is 0 Å². The Morgan fingerprint density at radius 3 is 2.21 bits per heavy atom. The highest BCUT2D eigenvalue weighted by Gasteiger charge is 2.49. The molecule has 0 aromatic heterocycles. The zero-order valence-electron chi connectivity index (χ0n) is 10.5. The van der Waals surface area contributed by atoms with Gasteiger partial charge in [0.25, 0.3) is 0 Å². The summed E-state index contributed by atoms with van der Waals surface area (Å²) in [6, 6.07) is 17.1. The van der Waals surface area contributed by atoms with E-state index in [9.17, 15) is 0 Å². The summed E-state index contributed by atoms with van der Waals surface area (Å²) in [4.78, 5) is 0. The summed E-state index contributed by atoms with van der Waals surface area (Å²) in [6.07, 6.45) is 0. The van der Waals surface area contributed by atoms with Gasteiger partial charge in [-0.2, -0.15) is 0 Å². The van der Waals surface area contributed by atoms with Gasteiger partial charge in [0.05, 0.1) is 19.3 Å². The first-order valence-corrected chi connectivity index (χ1v) is 8.39. The van der Waals surface area contributed by atoms with Crippen LogP contribution in [0.15, 0.2) is 48.5 Å². The Bertz CT molecular complexity index is 571. The molecular weight excluding hydrogens is 256 g/mol. The van der Waals surface area contributed by atoms with Crippen LogP contribution in [0.3, 0.4) is 0 Å². The molecule has 2 aliphatic rings. The minimum absolute atomic E-state index is 0.588. The summed E-state index contributed by atoms with van der Waals surface area (Å²) in [5.74, 6) is 0.916. The molecule has 4 heteroatoms. The van der Waals surface area contributed by atoms with Crippen LogP contribution in [0.25, 0.3) is 0 Å². The highest BCUT2D eigenvalue weighted by atomic mass is 28.4. The Kier molecular flexibility index (Phi) is 2.48. The third-order valence-electron chi connectivity index (χ3n) is 3.66. The van der Waals surface area contributed by atoms with Crippen molar-refractivity contribution >= 4 is 8.80 Å². The predicted octanol–water partition coefficient (Wildman–Crippen LogP) is 2.85. The third kappa shape index (κ3) is 1.88. The first kappa shape index (κ1) is 11.2. The van der Waals surface area contributed by atoms with Crippen LogP contribution < -0.4 is 4.43 Å². The first-order chi connectivity index (χ1) is 9.35. The van der Waals surface area contributed by atoms with Crippen molar-refractivity contribution in [2.45, 2.75) is 19.3 Å². The monoisotopic (exact) mass is 270 g/mol. The van der Waals surface area contributed by atoms with E-state index in [2.05, 4.69) is 18.2 Å². The van der Waals surface area contributed by atoms with E-state index in [1.54, 1.807) is 0 Å². The van der Waals surface area contributed by atoms with Crippen molar-refractivity contribution in [2.24, 2.45) is 0 Å². The molecule has 2 aromatic carbocycles. The van der Waals surface area contributed by atoms with E-state index in [1.807, 2.05) is 30.3 Å². The van der Waals surface area contributed by atoms with Gasteiger partial charge in [0.15, 0.2) is 0 Å². The van der Waals surface area contributed by atoms with Crippen molar-refractivity contribution in [3.8, 4) is 5.75 Å². The molecule has 0 saturated carbocycles. The van der Waals surface area contributed by atoms with Crippen LogP contribution in [0.1, 0.15) is 16.7 Å². The lowest BCUT2D eigenvalue weighted by molar-refractivity contribution is 0.0703. The summed E-state index contributed by atoms with van der Waals surface area (Å²) in [5.41, 5.74) is 3.63. The fourth-order valence-corrected chi connectivity index (χ4v) is 5.18. The number of fused-ring (bicyclic) bond motifs is 2. The van der Waals surface area contributed by atoms with Crippen LogP contribution in [0.4, 0.5) is 0 Å². The van der Waals surface area contributed by atoms with Crippen molar-refractivity contribution in [3.63, 3.8) is 0 Å². The van der Waals surface area contributed by atoms with E-state index >= 15 is 0 Å². The Morgan fingerprint density at radius 2 is 1.37 bits per heavy atom. The zero-order chi connectivity index (χ0) is 12.7. The topological polar surface area (TPSA) is 27.7 Å². The molecule has 0 fully saturated rings. The molecule has 19 heavy (non-hydrogen) atoms. The summed E-state index contributed by atoms with van der Waals surface area (Å²) in [7, 11) is -2.57. The van der Waals surface area contributed by atoms with Crippen LogP contribution >= 0.6 is 0 Å². The largest absolute Gasteiger partial charge is 0.571 e. The molecule has 0 N–H and O–H groups in total. The Balaban J connectivity index is 1.68. The average Bonchev–Trinajstić information content (AvgIpc) is 2.47. The first-order valence-electron chi connectivity index (χ1n) is 6.46. The highest BCUT2D eigenvalue weighted by molar-refractivity contribution is 6.61. The molecule has 1 atom stereocenters. The number of benzene rings is 2. The Labute approximate surface area is 113 Å². The number of hydrogen-bond acceptors (Lipinski definition) is 3. The second-order valence-corrected chi connectivity index (χ2v) is 7.42. The molecule has 1 unspecified atom stereocenters. The van der Waals surface area contributed by atoms with E-state index in [1.165, 1.54) is 11.1 Å². The van der Waals surface area contributed by atoms with Gasteiger partial charge in [-0.3, -0.25) is 0 Å². The van der Waals surface area contributed by atoms with Gasteiger partial charge in [0.1, 0.15) is 5.75 Å². The maximum absolute atomic E-state index is 6.11. The van der Waals surface area contributed by atoms with Crippen molar-refractivity contribution in [2.75, 3.05) is 0 Å².